The normalized spacial score (nSPS) is 13.6. The number of amides is 3. The summed E-state index contributed by atoms with van der Waals surface area (Å²) in [4.78, 5) is 39.0. The Bertz CT molecular complexity index is 494. The van der Waals surface area contributed by atoms with Gasteiger partial charge < -0.3 is 10.4 Å². The van der Waals surface area contributed by atoms with E-state index in [1.165, 1.54) is 0 Å². The molecule has 3 amide bonds. The lowest BCUT2D eigenvalue weighted by Gasteiger charge is -2.12. The fourth-order valence-corrected chi connectivity index (χ4v) is 1.71. The van der Waals surface area contributed by atoms with E-state index in [2.05, 4.69) is 5.32 Å². The second-order valence-electron chi connectivity index (χ2n) is 3.87. The maximum Gasteiger partial charge on any atom is 0.404 e. The van der Waals surface area contributed by atoms with Gasteiger partial charge in [-0.1, -0.05) is 12.1 Å². The zero-order valence-corrected chi connectivity index (χ0v) is 9.96. The Hall–Kier alpha value is -2.41. The SMILES string of the molecule is O=C(O)NCCCON1C(=O)c2ccccc2C1=O. The van der Waals surface area contributed by atoms with Crippen LogP contribution in [-0.4, -0.2) is 41.2 Å². The number of hydroxylamine groups is 2. The molecular formula is C12H12N2O5. The van der Waals surface area contributed by atoms with Crippen molar-refractivity contribution in [1.82, 2.24) is 10.4 Å². The highest BCUT2D eigenvalue weighted by atomic mass is 16.7. The van der Waals surface area contributed by atoms with E-state index >= 15 is 0 Å². The quantitative estimate of drug-likeness (QED) is 0.607. The van der Waals surface area contributed by atoms with Crippen molar-refractivity contribution in [2.45, 2.75) is 6.42 Å². The first-order chi connectivity index (χ1) is 9.11. The van der Waals surface area contributed by atoms with Gasteiger partial charge in [0.2, 0.25) is 0 Å². The van der Waals surface area contributed by atoms with Crippen molar-refractivity contribution in [3.05, 3.63) is 35.4 Å². The minimum absolute atomic E-state index is 0.0751. The maximum absolute atomic E-state index is 11.8. The summed E-state index contributed by atoms with van der Waals surface area (Å²) in [5.41, 5.74) is 0.632. The van der Waals surface area contributed by atoms with Crippen LogP contribution in [0.2, 0.25) is 0 Å². The van der Waals surface area contributed by atoms with Crippen LogP contribution in [0.15, 0.2) is 24.3 Å². The molecule has 0 atom stereocenters. The molecule has 1 aliphatic heterocycles. The number of carbonyl (C=O) groups excluding carboxylic acids is 2. The highest BCUT2D eigenvalue weighted by Gasteiger charge is 2.36. The summed E-state index contributed by atoms with van der Waals surface area (Å²) in [6.07, 6.45) is -0.764. The van der Waals surface area contributed by atoms with E-state index in [-0.39, 0.29) is 13.2 Å². The monoisotopic (exact) mass is 264 g/mol. The van der Waals surface area contributed by atoms with Crippen LogP contribution in [0.3, 0.4) is 0 Å². The number of nitrogens with zero attached hydrogens (tertiary/aromatic N) is 1. The molecule has 0 fully saturated rings. The highest BCUT2D eigenvalue weighted by Crippen LogP contribution is 2.22. The Labute approximate surface area is 108 Å². The second-order valence-corrected chi connectivity index (χ2v) is 3.87. The minimum atomic E-state index is -1.12. The number of benzene rings is 1. The lowest BCUT2D eigenvalue weighted by atomic mass is 10.1. The van der Waals surface area contributed by atoms with Crippen molar-refractivity contribution in [2.24, 2.45) is 0 Å². The van der Waals surface area contributed by atoms with Crippen LogP contribution >= 0.6 is 0 Å². The van der Waals surface area contributed by atoms with Gasteiger partial charge in [-0.3, -0.25) is 14.4 Å². The third-order valence-electron chi connectivity index (χ3n) is 2.57. The van der Waals surface area contributed by atoms with E-state index in [4.69, 9.17) is 9.94 Å². The van der Waals surface area contributed by atoms with Gasteiger partial charge in [0.15, 0.2) is 0 Å². The first-order valence-electron chi connectivity index (χ1n) is 5.69. The molecule has 0 radical (unpaired) electrons. The van der Waals surface area contributed by atoms with Crippen LogP contribution in [0, 0.1) is 0 Å². The van der Waals surface area contributed by atoms with Crippen LogP contribution in [0.5, 0.6) is 0 Å². The summed E-state index contributed by atoms with van der Waals surface area (Å²) in [6.45, 7) is 0.268. The molecule has 1 heterocycles. The number of imide groups is 1. The third-order valence-corrected chi connectivity index (χ3v) is 2.57. The number of carbonyl (C=O) groups is 3. The largest absolute Gasteiger partial charge is 0.465 e. The molecule has 100 valence electrons. The number of nitrogens with one attached hydrogen (secondary N) is 1. The van der Waals surface area contributed by atoms with Gasteiger partial charge in [-0.2, -0.15) is 0 Å². The minimum Gasteiger partial charge on any atom is -0.465 e. The Morgan fingerprint density at radius 3 is 2.32 bits per heavy atom. The Morgan fingerprint density at radius 2 is 1.79 bits per heavy atom. The molecule has 0 spiro atoms. The average molecular weight is 264 g/mol. The lowest BCUT2D eigenvalue weighted by molar-refractivity contribution is -0.0916. The Kier molecular flexibility index (Phi) is 3.76. The molecule has 1 aromatic rings. The maximum atomic E-state index is 11.8. The molecule has 1 aromatic carbocycles. The van der Waals surface area contributed by atoms with E-state index < -0.39 is 17.9 Å². The molecule has 0 bridgehead atoms. The van der Waals surface area contributed by atoms with Gasteiger partial charge in [0.1, 0.15) is 0 Å². The Balaban J connectivity index is 1.88. The number of carboxylic acid groups (broad SMARTS) is 1. The van der Waals surface area contributed by atoms with Gasteiger partial charge in [-0.25, -0.2) is 4.79 Å². The number of rotatable bonds is 5. The van der Waals surface area contributed by atoms with Crippen LogP contribution in [0.1, 0.15) is 27.1 Å². The number of hydrogen-bond donors (Lipinski definition) is 2. The number of fused-ring (bicyclic) bond motifs is 1. The molecule has 1 aliphatic rings. The van der Waals surface area contributed by atoms with Crippen LogP contribution in [0.25, 0.3) is 0 Å². The predicted octanol–water partition coefficient (Wildman–Crippen LogP) is 0.872. The summed E-state index contributed by atoms with van der Waals surface area (Å²) >= 11 is 0. The first kappa shape index (κ1) is 13.0. The van der Waals surface area contributed by atoms with Crippen LogP contribution in [-0.2, 0) is 4.84 Å². The van der Waals surface area contributed by atoms with Gasteiger partial charge in [-0.05, 0) is 18.6 Å². The van der Waals surface area contributed by atoms with Crippen molar-refractivity contribution < 1.29 is 24.3 Å². The van der Waals surface area contributed by atoms with Crippen LogP contribution in [0.4, 0.5) is 4.79 Å². The topological polar surface area (TPSA) is 95.9 Å². The van der Waals surface area contributed by atoms with E-state index in [9.17, 15) is 14.4 Å². The highest BCUT2D eigenvalue weighted by molar-refractivity contribution is 6.20. The standard InChI is InChI=1S/C12H12N2O5/c15-10-8-4-1-2-5-9(8)11(16)14(10)19-7-3-6-13-12(17)18/h1-2,4-5,13H,3,6-7H2,(H,17,18). The molecule has 0 saturated carbocycles. The van der Waals surface area contributed by atoms with Crippen molar-refractivity contribution in [2.75, 3.05) is 13.2 Å². The fraction of sp³-hybridized carbons (Fsp3) is 0.250. The smallest absolute Gasteiger partial charge is 0.404 e. The van der Waals surface area contributed by atoms with E-state index in [0.29, 0.717) is 22.6 Å². The van der Waals surface area contributed by atoms with Gasteiger partial charge in [-0.15, -0.1) is 5.06 Å². The van der Waals surface area contributed by atoms with Gasteiger partial charge in [0.05, 0.1) is 17.7 Å². The van der Waals surface area contributed by atoms with Crippen molar-refractivity contribution in [3.63, 3.8) is 0 Å². The lowest BCUT2D eigenvalue weighted by Crippen LogP contribution is -2.31. The molecule has 0 saturated heterocycles. The molecule has 2 rings (SSSR count). The Morgan fingerprint density at radius 1 is 1.21 bits per heavy atom. The number of hydrogen-bond acceptors (Lipinski definition) is 4. The summed E-state index contributed by atoms with van der Waals surface area (Å²) in [5, 5.41) is 11.2. The molecule has 0 unspecified atom stereocenters. The van der Waals surface area contributed by atoms with Gasteiger partial charge in [0.25, 0.3) is 11.8 Å². The molecule has 0 aromatic heterocycles. The second kappa shape index (κ2) is 5.49. The summed E-state index contributed by atoms with van der Waals surface area (Å²) in [7, 11) is 0. The molecule has 0 aliphatic carbocycles. The predicted molar refractivity (Wildman–Crippen MR) is 63.5 cm³/mol. The first-order valence-corrected chi connectivity index (χ1v) is 5.69. The zero-order chi connectivity index (χ0) is 13.8. The molecule has 19 heavy (non-hydrogen) atoms. The van der Waals surface area contributed by atoms with Crippen LogP contribution < -0.4 is 5.32 Å². The third kappa shape index (κ3) is 2.71. The summed E-state index contributed by atoms with van der Waals surface area (Å²) in [5.74, 6) is -0.987. The van der Waals surface area contributed by atoms with Crippen molar-refractivity contribution in [3.8, 4) is 0 Å². The van der Waals surface area contributed by atoms with Crippen molar-refractivity contribution in [1.29, 1.82) is 0 Å². The average Bonchev–Trinajstić information content (AvgIpc) is 2.63. The summed E-state index contributed by atoms with van der Waals surface area (Å²) < 4.78 is 0. The van der Waals surface area contributed by atoms with E-state index in [0.717, 1.165) is 0 Å². The van der Waals surface area contributed by atoms with Gasteiger partial charge >= 0.3 is 6.09 Å². The van der Waals surface area contributed by atoms with Crippen molar-refractivity contribution >= 4 is 17.9 Å². The fourth-order valence-electron chi connectivity index (χ4n) is 1.71. The van der Waals surface area contributed by atoms with E-state index in [1.54, 1.807) is 24.3 Å². The summed E-state index contributed by atoms with van der Waals surface area (Å²) in [6, 6.07) is 6.46. The molecular weight excluding hydrogens is 252 g/mol. The molecule has 2 N–H and O–H groups in total. The van der Waals surface area contributed by atoms with E-state index in [1.807, 2.05) is 0 Å². The van der Waals surface area contributed by atoms with Gasteiger partial charge in [0, 0.05) is 6.54 Å². The molecule has 7 heteroatoms. The molecule has 7 nitrogen and oxygen atoms in total. The zero-order valence-electron chi connectivity index (χ0n) is 9.96.